The minimum Gasteiger partial charge on any atom is -0.364 e. The number of rotatable bonds is 4. The second-order valence-electron chi connectivity index (χ2n) is 3.67. The summed E-state index contributed by atoms with van der Waals surface area (Å²) in [7, 11) is 0. The molecule has 7 heteroatoms. The first kappa shape index (κ1) is 11.9. The molecule has 0 fully saturated rings. The fraction of sp³-hybridized carbons (Fsp3) is 0.182. The Morgan fingerprint density at radius 3 is 2.94 bits per heavy atom. The van der Waals surface area contributed by atoms with Gasteiger partial charge in [-0.15, -0.1) is 0 Å². The molecule has 0 radical (unpaired) electrons. The Kier molecular flexibility index (Phi) is 3.42. The van der Waals surface area contributed by atoms with E-state index in [1.165, 1.54) is 18.6 Å². The number of hydrogen-bond acceptors (Lipinski definition) is 6. The van der Waals surface area contributed by atoms with Crippen molar-refractivity contribution in [2.24, 2.45) is 0 Å². The van der Waals surface area contributed by atoms with Crippen LogP contribution >= 0.6 is 0 Å². The maximum atomic E-state index is 10.8. The van der Waals surface area contributed by atoms with Gasteiger partial charge >= 0.3 is 0 Å². The largest absolute Gasteiger partial charge is 0.364 e. The van der Waals surface area contributed by atoms with Crippen LogP contribution < -0.4 is 5.32 Å². The molecule has 1 N–H and O–H groups in total. The molecule has 0 aliphatic carbocycles. The van der Waals surface area contributed by atoms with Crippen LogP contribution in [0.5, 0.6) is 0 Å². The second-order valence-corrected chi connectivity index (χ2v) is 3.67. The van der Waals surface area contributed by atoms with Crippen LogP contribution in [0.25, 0.3) is 0 Å². The molecule has 0 aromatic carbocycles. The summed E-state index contributed by atoms with van der Waals surface area (Å²) in [4.78, 5) is 22.3. The van der Waals surface area contributed by atoms with Crippen molar-refractivity contribution in [3.8, 4) is 0 Å². The van der Waals surface area contributed by atoms with Crippen LogP contribution in [-0.4, -0.2) is 19.9 Å². The highest BCUT2D eigenvalue weighted by Gasteiger charge is 2.11. The molecule has 2 aromatic heterocycles. The monoisotopic (exact) mass is 245 g/mol. The van der Waals surface area contributed by atoms with E-state index in [9.17, 15) is 10.1 Å². The molecule has 2 heterocycles. The number of pyridine rings is 1. The minimum atomic E-state index is -0.424. The zero-order valence-electron chi connectivity index (χ0n) is 9.70. The van der Waals surface area contributed by atoms with Crippen LogP contribution in [0, 0.1) is 17.0 Å². The zero-order chi connectivity index (χ0) is 13.0. The first-order valence-corrected chi connectivity index (χ1v) is 5.26. The third-order valence-electron chi connectivity index (χ3n) is 2.37. The van der Waals surface area contributed by atoms with Gasteiger partial charge in [-0.2, -0.15) is 0 Å². The lowest BCUT2D eigenvalue weighted by atomic mass is 10.2. The summed E-state index contributed by atoms with van der Waals surface area (Å²) in [6.07, 6.45) is 4.55. The highest BCUT2D eigenvalue weighted by atomic mass is 16.6. The van der Waals surface area contributed by atoms with Crippen molar-refractivity contribution < 1.29 is 4.92 Å². The first-order valence-electron chi connectivity index (χ1n) is 5.26. The van der Waals surface area contributed by atoms with Crippen LogP contribution in [0.2, 0.25) is 0 Å². The van der Waals surface area contributed by atoms with Gasteiger partial charge in [0, 0.05) is 18.0 Å². The summed E-state index contributed by atoms with van der Waals surface area (Å²) in [6.45, 7) is 2.09. The molecule has 2 rings (SSSR count). The van der Waals surface area contributed by atoms with Crippen molar-refractivity contribution in [3.63, 3.8) is 0 Å². The van der Waals surface area contributed by atoms with Crippen molar-refractivity contribution in [3.05, 3.63) is 52.2 Å². The van der Waals surface area contributed by atoms with Gasteiger partial charge < -0.3 is 5.32 Å². The summed E-state index contributed by atoms with van der Waals surface area (Å²) in [6, 6.07) is 3.17. The van der Waals surface area contributed by atoms with Crippen molar-refractivity contribution in [1.29, 1.82) is 0 Å². The number of hydrogen-bond donors (Lipinski definition) is 1. The van der Waals surface area contributed by atoms with Gasteiger partial charge in [0.1, 0.15) is 12.1 Å². The topological polar surface area (TPSA) is 93.8 Å². The van der Waals surface area contributed by atoms with Gasteiger partial charge in [0.15, 0.2) is 0 Å². The molecule has 0 aliphatic rings. The van der Waals surface area contributed by atoms with Crippen LogP contribution in [0.4, 0.5) is 11.5 Å². The number of nitrogens with one attached hydrogen (secondary N) is 1. The average molecular weight is 245 g/mol. The molecule has 0 amide bonds. The van der Waals surface area contributed by atoms with E-state index in [-0.39, 0.29) is 5.69 Å². The Hall–Kier alpha value is -2.57. The predicted molar refractivity (Wildman–Crippen MR) is 65.0 cm³/mol. The van der Waals surface area contributed by atoms with Crippen LogP contribution in [0.15, 0.2) is 30.9 Å². The maximum absolute atomic E-state index is 10.8. The van der Waals surface area contributed by atoms with Gasteiger partial charge in [0.2, 0.25) is 0 Å². The average Bonchev–Trinajstić information content (AvgIpc) is 2.38. The van der Waals surface area contributed by atoms with Crippen LogP contribution in [-0.2, 0) is 6.54 Å². The van der Waals surface area contributed by atoms with Gasteiger partial charge in [0.25, 0.3) is 5.69 Å². The SMILES string of the molecule is Cc1cnc(NCc2ccncn2)cc1[N+](=O)[O-]. The molecule has 0 saturated carbocycles. The van der Waals surface area contributed by atoms with Gasteiger partial charge in [-0.3, -0.25) is 10.1 Å². The molecule has 7 nitrogen and oxygen atoms in total. The molecule has 0 spiro atoms. The smallest absolute Gasteiger partial charge is 0.277 e. The van der Waals surface area contributed by atoms with Crippen LogP contribution in [0.3, 0.4) is 0 Å². The Bertz CT molecular complexity index is 559. The van der Waals surface area contributed by atoms with Crippen molar-refractivity contribution in [1.82, 2.24) is 15.0 Å². The van der Waals surface area contributed by atoms with Gasteiger partial charge in [0.05, 0.1) is 23.2 Å². The highest BCUT2D eigenvalue weighted by Crippen LogP contribution is 2.19. The molecular formula is C11H11N5O2. The Morgan fingerprint density at radius 2 is 2.28 bits per heavy atom. The summed E-state index contributed by atoms with van der Waals surface area (Å²) >= 11 is 0. The molecule has 92 valence electrons. The fourth-order valence-corrected chi connectivity index (χ4v) is 1.41. The third-order valence-corrected chi connectivity index (χ3v) is 2.37. The molecule has 0 atom stereocenters. The van der Waals surface area contributed by atoms with E-state index in [0.29, 0.717) is 17.9 Å². The normalized spacial score (nSPS) is 10.1. The summed E-state index contributed by atoms with van der Waals surface area (Å²) in [5.74, 6) is 0.450. The quantitative estimate of drug-likeness (QED) is 0.650. The summed E-state index contributed by atoms with van der Waals surface area (Å²) < 4.78 is 0. The van der Waals surface area contributed by atoms with Crippen molar-refractivity contribution >= 4 is 11.5 Å². The van der Waals surface area contributed by atoms with E-state index >= 15 is 0 Å². The number of nitro groups is 1. The molecule has 18 heavy (non-hydrogen) atoms. The number of aryl methyl sites for hydroxylation is 1. The van der Waals surface area contributed by atoms with Gasteiger partial charge in [-0.1, -0.05) is 0 Å². The predicted octanol–water partition coefficient (Wildman–Crippen LogP) is 1.70. The molecule has 0 saturated heterocycles. The fourth-order valence-electron chi connectivity index (χ4n) is 1.41. The van der Waals surface area contributed by atoms with E-state index in [1.807, 2.05) is 0 Å². The van der Waals surface area contributed by atoms with Gasteiger partial charge in [-0.05, 0) is 13.0 Å². The third kappa shape index (κ3) is 2.76. The molecular weight excluding hydrogens is 234 g/mol. The second kappa shape index (κ2) is 5.17. The molecule has 0 bridgehead atoms. The first-order chi connectivity index (χ1) is 8.66. The molecule has 0 aliphatic heterocycles. The lowest BCUT2D eigenvalue weighted by Crippen LogP contribution is -2.04. The Labute approximate surface area is 103 Å². The van der Waals surface area contributed by atoms with Gasteiger partial charge in [-0.25, -0.2) is 15.0 Å². The molecule has 0 unspecified atom stereocenters. The number of anilines is 1. The lowest BCUT2D eigenvalue weighted by Gasteiger charge is -2.05. The summed E-state index contributed by atoms with van der Waals surface area (Å²) in [5.41, 5.74) is 1.37. The Morgan fingerprint density at radius 1 is 1.44 bits per heavy atom. The van der Waals surface area contributed by atoms with E-state index in [2.05, 4.69) is 20.3 Å². The molecule has 2 aromatic rings. The van der Waals surface area contributed by atoms with E-state index in [4.69, 9.17) is 0 Å². The Balaban J connectivity index is 2.11. The number of aromatic nitrogens is 3. The zero-order valence-corrected chi connectivity index (χ0v) is 9.70. The van der Waals surface area contributed by atoms with E-state index in [1.54, 1.807) is 19.2 Å². The lowest BCUT2D eigenvalue weighted by molar-refractivity contribution is -0.385. The van der Waals surface area contributed by atoms with Crippen molar-refractivity contribution in [2.75, 3.05) is 5.32 Å². The maximum Gasteiger partial charge on any atom is 0.277 e. The van der Waals surface area contributed by atoms with Crippen molar-refractivity contribution in [2.45, 2.75) is 13.5 Å². The standard InChI is InChI=1S/C11H11N5O2/c1-8-5-13-11(4-10(8)16(17)18)14-6-9-2-3-12-7-15-9/h2-5,7H,6H2,1H3,(H,13,14). The number of nitrogens with zero attached hydrogens (tertiary/aromatic N) is 4. The summed E-state index contributed by atoms with van der Waals surface area (Å²) in [5, 5.41) is 13.8. The van der Waals surface area contributed by atoms with E-state index in [0.717, 1.165) is 5.69 Å². The minimum absolute atomic E-state index is 0.0511. The van der Waals surface area contributed by atoms with Crippen LogP contribution in [0.1, 0.15) is 11.3 Å². The van der Waals surface area contributed by atoms with E-state index < -0.39 is 4.92 Å². The highest BCUT2D eigenvalue weighted by molar-refractivity contribution is 5.48.